The summed E-state index contributed by atoms with van der Waals surface area (Å²) in [6, 6.07) is 0. The SMILES string of the molecule is C[C@H]1C2Cn3ccnc3[C@H]21. The second-order valence-corrected chi connectivity index (χ2v) is 3.49. The minimum atomic E-state index is 0.815. The minimum Gasteiger partial charge on any atom is -0.334 e. The Morgan fingerprint density at radius 1 is 1.70 bits per heavy atom. The molecule has 2 aliphatic rings. The van der Waals surface area contributed by atoms with Crippen molar-refractivity contribution in [1.29, 1.82) is 0 Å². The van der Waals surface area contributed by atoms with E-state index in [0.29, 0.717) is 0 Å². The van der Waals surface area contributed by atoms with Crippen molar-refractivity contribution in [2.45, 2.75) is 19.4 Å². The molecule has 0 spiro atoms. The number of fused-ring (bicyclic) bond motifs is 3. The first-order valence-electron chi connectivity index (χ1n) is 3.89. The number of hydrogen-bond acceptors (Lipinski definition) is 1. The van der Waals surface area contributed by atoms with Gasteiger partial charge < -0.3 is 4.57 Å². The minimum absolute atomic E-state index is 0.815. The molecule has 2 nitrogen and oxygen atoms in total. The molecule has 10 heavy (non-hydrogen) atoms. The summed E-state index contributed by atoms with van der Waals surface area (Å²) in [4.78, 5) is 4.33. The lowest BCUT2D eigenvalue weighted by molar-refractivity contribution is 0.607. The van der Waals surface area contributed by atoms with Crippen LogP contribution in [0.1, 0.15) is 18.7 Å². The summed E-state index contributed by atoms with van der Waals surface area (Å²) in [5.41, 5.74) is 0. The maximum absolute atomic E-state index is 4.33. The standard InChI is InChI=1S/C8H10N2/c1-5-6-4-10-3-2-9-8(10)7(5)6/h2-3,5-7H,4H2,1H3/t5-,6?,7-/m0/s1. The third kappa shape index (κ3) is 0.376. The fraction of sp³-hybridized carbons (Fsp3) is 0.625. The normalized spacial score (nSPS) is 41.1. The van der Waals surface area contributed by atoms with Gasteiger partial charge in [0.1, 0.15) is 5.82 Å². The summed E-state index contributed by atoms with van der Waals surface area (Å²) >= 11 is 0. The van der Waals surface area contributed by atoms with Crippen molar-refractivity contribution >= 4 is 0 Å². The van der Waals surface area contributed by atoms with Crippen LogP contribution >= 0.6 is 0 Å². The predicted molar refractivity (Wildman–Crippen MR) is 37.6 cm³/mol. The number of aromatic nitrogens is 2. The van der Waals surface area contributed by atoms with Gasteiger partial charge in [-0.25, -0.2) is 4.98 Å². The Kier molecular flexibility index (Phi) is 0.636. The van der Waals surface area contributed by atoms with E-state index in [1.54, 1.807) is 0 Å². The van der Waals surface area contributed by atoms with Gasteiger partial charge in [-0.1, -0.05) is 6.92 Å². The molecule has 3 atom stereocenters. The highest BCUT2D eigenvalue weighted by molar-refractivity contribution is 5.21. The van der Waals surface area contributed by atoms with Gasteiger partial charge in [0, 0.05) is 24.9 Å². The van der Waals surface area contributed by atoms with Crippen LogP contribution in [0.5, 0.6) is 0 Å². The van der Waals surface area contributed by atoms with Crippen LogP contribution < -0.4 is 0 Å². The van der Waals surface area contributed by atoms with Crippen LogP contribution in [0.3, 0.4) is 0 Å². The second-order valence-electron chi connectivity index (χ2n) is 3.49. The Bertz CT molecular complexity index is 277. The summed E-state index contributed by atoms with van der Waals surface area (Å²) in [5, 5.41) is 0. The van der Waals surface area contributed by atoms with E-state index < -0.39 is 0 Å². The Balaban J connectivity index is 2.14. The van der Waals surface area contributed by atoms with Gasteiger partial charge >= 0.3 is 0 Å². The monoisotopic (exact) mass is 134 g/mol. The van der Waals surface area contributed by atoms with E-state index in [1.807, 2.05) is 6.20 Å². The van der Waals surface area contributed by atoms with Crippen molar-refractivity contribution in [1.82, 2.24) is 9.55 Å². The van der Waals surface area contributed by atoms with E-state index in [2.05, 4.69) is 22.7 Å². The van der Waals surface area contributed by atoms with Gasteiger partial charge in [0.05, 0.1) is 0 Å². The summed E-state index contributed by atoms with van der Waals surface area (Å²) in [6.07, 6.45) is 4.00. The first kappa shape index (κ1) is 4.94. The number of nitrogens with zero attached hydrogens (tertiary/aromatic N) is 2. The summed E-state index contributed by atoms with van der Waals surface area (Å²) in [7, 11) is 0. The van der Waals surface area contributed by atoms with E-state index in [0.717, 1.165) is 17.8 Å². The van der Waals surface area contributed by atoms with Crippen molar-refractivity contribution in [3.63, 3.8) is 0 Å². The van der Waals surface area contributed by atoms with Gasteiger partial charge in [-0.2, -0.15) is 0 Å². The molecule has 1 saturated carbocycles. The molecule has 1 unspecified atom stereocenters. The molecule has 2 heterocycles. The highest BCUT2D eigenvalue weighted by Gasteiger charge is 2.54. The molecular weight excluding hydrogens is 124 g/mol. The van der Waals surface area contributed by atoms with E-state index in [1.165, 1.54) is 12.4 Å². The van der Waals surface area contributed by atoms with Crippen LogP contribution in [0.15, 0.2) is 12.4 Å². The van der Waals surface area contributed by atoms with Crippen molar-refractivity contribution in [2.24, 2.45) is 11.8 Å². The fourth-order valence-electron chi connectivity index (χ4n) is 2.25. The third-order valence-corrected chi connectivity index (χ3v) is 3.02. The van der Waals surface area contributed by atoms with E-state index in [-0.39, 0.29) is 0 Å². The smallest absolute Gasteiger partial charge is 0.112 e. The van der Waals surface area contributed by atoms with Crippen molar-refractivity contribution in [3.05, 3.63) is 18.2 Å². The van der Waals surface area contributed by atoms with E-state index >= 15 is 0 Å². The second kappa shape index (κ2) is 1.29. The average Bonchev–Trinajstić information content (AvgIpc) is 2.27. The van der Waals surface area contributed by atoms with Crippen molar-refractivity contribution in [2.75, 3.05) is 0 Å². The summed E-state index contributed by atoms with van der Waals surface area (Å²) in [5.74, 6) is 3.99. The lowest BCUT2D eigenvalue weighted by atomic mass is 10.3. The number of imidazole rings is 1. The van der Waals surface area contributed by atoms with Gasteiger partial charge in [-0.3, -0.25) is 0 Å². The zero-order chi connectivity index (χ0) is 6.72. The molecule has 1 aromatic heterocycles. The first-order chi connectivity index (χ1) is 4.88. The molecule has 52 valence electrons. The number of rotatable bonds is 0. The largest absolute Gasteiger partial charge is 0.334 e. The maximum atomic E-state index is 4.33. The third-order valence-electron chi connectivity index (χ3n) is 3.02. The number of hydrogen-bond donors (Lipinski definition) is 0. The summed E-state index contributed by atoms with van der Waals surface area (Å²) < 4.78 is 2.29. The molecule has 1 aromatic rings. The zero-order valence-electron chi connectivity index (χ0n) is 5.99. The fourth-order valence-corrected chi connectivity index (χ4v) is 2.25. The Hall–Kier alpha value is -0.790. The molecule has 0 N–H and O–H groups in total. The highest BCUT2D eigenvalue weighted by atomic mass is 15.1. The molecule has 1 fully saturated rings. The van der Waals surface area contributed by atoms with Crippen molar-refractivity contribution in [3.8, 4) is 0 Å². The van der Waals surface area contributed by atoms with Crippen LogP contribution in [-0.4, -0.2) is 9.55 Å². The molecule has 0 saturated heterocycles. The van der Waals surface area contributed by atoms with E-state index in [4.69, 9.17) is 0 Å². The van der Waals surface area contributed by atoms with Crippen molar-refractivity contribution < 1.29 is 0 Å². The molecule has 1 aliphatic carbocycles. The maximum Gasteiger partial charge on any atom is 0.112 e. The summed E-state index contributed by atoms with van der Waals surface area (Å²) in [6.45, 7) is 3.55. The molecular formula is C8H10N2. The molecule has 2 heteroatoms. The Labute approximate surface area is 59.9 Å². The van der Waals surface area contributed by atoms with Crippen LogP contribution in [-0.2, 0) is 6.54 Å². The van der Waals surface area contributed by atoms with Crippen LogP contribution in [0, 0.1) is 11.8 Å². The Morgan fingerprint density at radius 2 is 2.60 bits per heavy atom. The molecule has 0 aromatic carbocycles. The van der Waals surface area contributed by atoms with Gasteiger partial charge in [0.2, 0.25) is 0 Å². The van der Waals surface area contributed by atoms with E-state index in [9.17, 15) is 0 Å². The lowest BCUT2D eigenvalue weighted by Gasteiger charge is -1.99. The average molecular weight is 134 g/mol. The van der Waals surface area contributed by atoms with Gasteiger partial charge in [-0.05, 0) is 11.8 Å². The molecule has 1 aliphatic heterocycles. The Morgan fingerprint density at radius 3 is 3.50 bits per heavy atom. The topological polar surface area (TPSA) is 17.8 Å². The van der Waals surface area contributed by atoms with Gasteiger partial charge in [-0.15, -0.1) is 0 Å². The van der Waals surface area contributed by atoms with Crippen LogP contribution in [0.2, 0.25) is 0 Å². The lowest BCUT2D eigenvalue weighted by Crippen LogP contribution is -1.98. The predicted octanol–water partition coefficient (Wildman–Crippen LogP) is 1.25. The first-order valence-corrected chi connectivity index (χ1v) is 3.89. The van der Waals surface area contributed by atoms with Crippen LogP contribution in [0.4, 0.5) is 0 Å². The molecule has 3 rings (SSSR count). The molecule has 0 bridgehead atoms. The van der Waals surface area contributed by atoms with Gasteiger partial charge in [0.25, 0.3) is 0 Å². The van der Waals surface area contributed by atoms with Gasteiger partial charge in [0.15, 0.2) is 0 Å². The highest BCUT2D eigenvalue weighted by Crippen LogP contribution is 2.57. The zero-order valence-corrected chi connectivity index (χ0v) is 5.99. The van der Waals surface area contributed by atoms with Crippen LogP contribution in [0.25, 0.3) is 0 Å². The molecule has 0 radical (unpaired) electrons. The quantitative estimate of drug-likeness (QED) is 0.522. The molecule has 0 amide bonds.